The van der Waals surface area contributed by atoms with Crippen LogP contribution in [0.15, 0.2) is 170 Å². The van der Waals surface area contributed by atoms with Crippen LogP contribution in [0.4, 0.5) is 0 Å². The third-order valence-electron chi connectivity index (χ3n) is 13.0. The van der Waals surface area contributed by atoms with Gasteiger partial charge >= 0.3 is 17.9 Å². The van der Waals surface area contributed by atoms with Gasteiger partial charge < -0.3 is 14.2 Å². The van der Waals surface area contributed by atoms with E-state index >= 15 is 0 Å². The van der Waals surface area contributed by atoms with Gasteiger partial charge in [0.1, 0.15) is 13.2 Å². The van der Waals surface area contributed by atoms with Crippen LogP contribution in [-0.4, -0.2) is 37.2 Å². The summed E-state index contributed by atoms with van der Waals surface area (Å²) in [5.41, 5.74) is 0. The highest BCUT2D eigenvalue weighted by Gasteiger charge is 2.19. The molecule has 0 N–H and O–H groups in total. The van der Waals surface area contributed by atoms with Crippen LogP contribution in [0.5, 0.6) is 0 Å². The van der Waals surface area contributed by atoms with Crippen molar-refractivity contribution < 1.29 is 28.6 Å². The van der Waals surface area contributed by atoms with E-state index in [2.05, 4.69) is 191 Å². The average Bonchev–Trinajstić information content (AvgIpc) is 3.46. The second-order valence-electron chi connectivity index (χ2n) is 20.6. The molecule has 0 radical (unpaired) electrons. The monoisotopic (exact) mass is 1100 g/mol. The fourth-order valence-electron chi connectivity index (χ4n) is 8.23. The zero-order chi connectivity index (χ0) is 57.8. The van der Waals surface area contributed by atoms with Crippen molar-refractivity contribution in [3.63, 3.8) is 0 Å². The molecule has 0 rings (SSSR count). The number of hydrogen-bond donors (Lipinski definition) is 0. The van der Waals surface area contributed by atoms with Crippen LogP contribution >= 0.6 is 0 Å². The van der Waals surface area contributed by atoms with Crippen molar-refractivity contribution in [1.82, 2.24) is 0 Å². The van der Waals surface area contributed by atoms with Crippen LogP contribution in [0, 0.1) is 0 Å². The van der Waals surface area contributed by atoms with E-state index in [0.29, 0.717) is 12.8 Å². The van der Waals surface area contributed by atoms with Gasteiger partial charge in [0.05, 0.1) is 0 Å². The lowest BCUT2D eigenvalue weighted by Crippen LogP contribution is -2.30. The molecule has 6 heteroatoms. The van der Waals surface area contributed by atoms with Crippen molar-refractivity contribution in [1.29, 1.82) is 0 Å². The number of carbonyl (C=O) groups is 3. The highest BCUT2D eigenvalue weighted by molar-refractivity contribution is 5.71. The number of esters is 3. The number of rotatable bonds is 56. The minimum absolute atomic E-state index is 0.107. The number of ether oxygens (including phenoxy) is 3. The summed E-state index contributed by atoms with van der Waals surface area (Å²) < 4.78 is 16.8. The van der Waals surface area contributed by atoms with Gasteiger partial charge in [-0.1, -0.05) is 274 Å². The van der Waals surface area contributed by atoms with E-state index in [1.54, 1.807) is 0 Å². The van der Waals surface area contributed by atoms with Crippen molar-refractivity contribution in [3.05, 3.63) is 170 Å². The van der Waals surface area contributed by atoms with Crippen molar-refractivity contribution in [3.8, 4) is 0 Å². The van der Waals surface area contributed by atoms with Gasteiger partial charge in [-0.2, -0.15) is 0 Å². The molecule has 80 heavy (non-hydrogen) atoms. The molecule has 0 aliphatic heterocycles. The Balaban J connectivity index is 4.41. The van der Waals surface area contributed by atoms with E-state index in [9.17, 15) is 14.4 Å². The first-order valence-corrected chi connectivity index (χ1v) is 32.1. The molecule has 0 spiro atoms. The fourth-order valence-corrected chi connectivity index (χ4v) is 8.23. The minimum atomic E-state index is -0.816. The van der Waals surface area contributed by atoms with Gasteiger partial charge in [0.25, 0.3) is 0 Å². The van der Waals surface area contributed by atoms with Gasteiger partial charge in [0, 0.05) is 19.3 Å². The van der Waals surface area contributed by atoms with Gasteiger partial charge in [-0.25, -0.2) is 0 Å². The Morgan fingerprint density at radius 2 is 0.487 bits per heavy atom. The molecule has 0 aromatic heterocycles. The lowest BCUT2D eigenvalue weighted by molar-refractivity contribution is -0.167. The van der Waals surface area contributed by atoms with Gasteiger partial charge in [0.15, 0.2) is 6.10 Å². The third kappa shape index (κ3) is 63.6. The average molecular weight is 1100 g/mol. The summed E-state index contributed by atoms with van der Waals surface area (Å²) in [4.78, 5) is 38.2. The molecular weight excluding hydrogens is 985 g/mol. The fraction of sp³-hybridized carbons (Fsp3) is 0.581. The van der Waals surface area contributed by atoms with E-state index in [4.69, 9.17) is 14.2 Å². The predicted octanol–water partition coefficient (Wildman–Crippen LogP) is 22.3. The molecule has 0 saturated carbocycles. The summed E-state index contributed by atoms with van der Waals surface area (Å²) in [6, 6.07) is 0. The molecule has 0 bridgehead atoms. The molecule has 6 nitrogen and oxygen atoms in total. The van der Waals surface area contributed by atoms with Crippen LogP contribution in [0.25, 0.3) is 0 Å². The third-order valence-corrected chi connectivity index (χ3v) is 13.0. The number of carbonyl (C=O) groups excluding carboxylic acids is 3. The molecule has 0 aliphatic rings. The second-order valence-corrected chi connectivity index (χ2v) is 20.6. The molecule has 0 fully saturated rings. The van der Waals surface area contributed by atoms with E-state index in [-0.39, 0.29) is 44.0 Å². The second kappa shape index (κ2) is 66.3. The van der Waals surface area contributed by atoms with Crippen molar-refractivity contribution in [2.75, 3.05) is 13.2 Å². The Kier molecular flexibility index (Phi) is 61.9. The summed E-state index contributed by atoms with van der Waals surface area (Å²) in [7, 11) is 0. The van der Waals surface area contributed by atoms with E-state index in [1.807, 2.05) is 0 Å². The van der Waals surface area contributed by atoms with E-state index < -0.39 is 6.10 Å². The number of unbranched alkanes of at least 4 members (excludes halogenated alkanes) is 17. The highest BCUT2D eigenvalue weighted by Crippen LogP contribution is 2.14. The van der Waals surface area contributed by atoms with Gasteiger partial charge in [0.2, 0.25) is 0 Å². The maximum absolute atomic E-state index is 12.9. The molecule has 448 valence electrons. The van der Waals surface area contributed by atoms with E-state index in [1.165, 1.54) is 57.8 Å². The summed E-state index contributed by atoms with van der Waals surface area (Å²) in [5.74, 6) is -0.982. The van der Waals surface area contributed by atoms with Crippen molar-refractivity contribution in [2.45, 2.75) is 264 Å². The molecule has 0 aromatic rings. The highest BCUT2D eigenvalue weighted by atomic mass is 16.6. The first-order chi connectivity index (χ1) is 39.5. The summed E-state index contributed by atoms with van der Waals surface area (Å²) in [6.45, 7) is 6.34. The zero-order valence-electron chi connectivity index (χ0n) is 51.3. The van der Waals surface area contributed by atoms with Gasteiger partial charge in [-0.15, -0.1) is 0 Å². The van der Waals surface area contributed by atoms with Crippen LogP contribution in [0.3, 0.4) is 0 Å². The normalized spacial score (nSPS) is 13.3. The lowest BCUT2D eigenvalue weighted by atomic mass is 10.0. The summed E-state index contributed by atoms with van der Waals surface area (Å²) in [5, 5.41) is 0. The molecule has 1 unspecified atom stereocenters. The molecular formula is C74H116O6. The Morgan fingerprint density at radius 3 is 0.787 bits per heavy atom. The molecule has 0 aromatic carbocycles. The number of hydrogen-bond acceptors (Lipinski definition) is 6. The first kappa shape index (κ1) is 74.8. The van der Waals surface area contributed by atoms with Gasteiger partial charge in [-0.05, 0) is 135 Å². The van der Waals surface area contributed by atoms with Crippen LogP contribution in [0.1, 0.15) is 258 Å². The zero-order valence-corrected chi connectivity index (χ0v) is 51.3. The molecule has 1 atom stereocenters. The van der Waals surface area contributed by atoms with E-state index in [0.717, 1.165) is 154 Å². The standard InChI is InChI=1S/C74H116O6/c1-4-7-10-13-16-19-22-25-27-29-30-31-32-33-34-35-36-37-38-39-40-41-42-43-44-46-47-49-52-55-58-61-64-67-73(76)79-70-71(69-78-72(75)66-63-60-57-54-51-24-21-18-15-12-9-6-3)80-74(77)68-65-62-59-56-53-50-48-45-28-26-23-20-17-14-11-8-5-2/h7-8,10-11,16-17,19-20,25-28,30-31,33-34,36-37,39-40,42-43,46-48,50,52,55,71H,4-6,9,12-15,18,21-24,29,32,35,38,41,44-45,49,51,53-54,56-70H2,1-3H3/b10-7-,11-8-,19-16-,20-17-,27-25-,28-26-,31-30-,34-33-,37-36-,40-39-,43-42-,47-46-,50-48-,55-52-. The van der Waals surface area contributed by atoms with Crippen LogP contribution < -0.4 is 0 Å². The Labute approximate surface area is 492 Å². The van der Waals surface area contributed by atoms with Crippen LogP contribution in [-0.2, 0) is 28.6 Å². The SMILES string of the molecule is CC/C=C\C/C=C\C/C=C\C/C=C\C/C=C\C/C=C\C/C=C\C/C=C\C/C=C\C/C=C\CCCCC(=O)OCC(COC(=O)CCCCCCCCCCCCCC)OC(=O)CCCCCC/C=C\C/C=C\C/C=C\C/C=C\CC. The quantitative estimate of drug-likeness (QED) is 0.0261. The van der Waals surface area contributed by atoms with Crippen molar-refractivity contribution >= 4 is 17.9 Å². The largest absolute Gasteiger partial charge is 0.462 e. The number of allylic oxidation sites excluding steroid dienone is 28. The minimum Gasteiger partial charge on any atom is -0.462 e. The van der Waals surface area contributed by atoms with Crippen molar-refractivity contribution in [2.24, 2.45) is 0 Å². The molecule has 0 aliphatic carbocycles. The molecule has 0 heterocycles. The molecule has 0 saturated heterocycles. The maximum atomic E-state index is 12.9. The summed E-state index contributed by atoms with van der Waals surface area (Å²) >= 11 is 0. The Morgan fingerprint density at radius 1 is 0.263 bits per heavy atom. The summed E-state index contributed by atoms with van der Waals surface area (Å²) in [6.07, 6.45) is 97.9. The maximum Gasteiger partial charge on any atom is 0.306 e. The predicted molar refractivity (Wildman–Crippen MR) is 348 cm³/mol. The van der Waals surface area contributed by atoms with Gasteiger partial charge in [-0.3, -0.25) is 14.4 Å². The lowest BCUT2D eigenvalue weighted by Gasteiger charge is -2.18. The molecule has 0 amide bonds. The smallest absolute Gasteiger partial charge is 0.306 e. The Bertz CT molecular complexity index is 1840. The Hall–Kier alpha value is -5.23. The first-order valence-electron chi connectivity index (χ1n) is 32.1. The topological polar surface area (TPSA) is 78.9 Å². The van der Waals surface area contributed by atoms with Crippen LogP contribution in [0.2, 0.25) is 0 Å².